The molecule has 1 atom stereocenters. The van der Waals surface area contributed by atoms with Gasteiger partial charge in [0, 0.05) is 32.7 Å². The van der Waals surface area contributed by atoms with E-state index in [1.54, 1.807) is 11.3 Å². The summed E-state index contributed by atoms with van der Waals surface area (Å²) >= 11 is 1.75. The SMILES string of the molecule is CCN(CCNC(=NC)NCC(C)c1ccsc1)C(C)C.I. The first kappa shape index (κ1) is 21.7. The first-order chi connectivity index (χ1) is 10.1. The molecule has 0 spiro atoms. The van der Waals surface area contributed by atoms with Gasteiger partial charge in [-0.25, -0.2) is 0 Å². The van der Waals surface area contributed by atoms with Crippen LogP contribution in [0.25, 0.3) is 0 Å². The van der Waals surface area contributed by atoms with Crippen LogP contribution in [0.4, 0.5) is 0 Å². The predicted octanol–water partition coefficient (Wildman–Crippen LogP) is 3.36. The van der Waals surface area contributed by atoms with E-state index in [-0.39, 0.29) is 24.0 Å². The van der Waals surface area contributed by atoms with E-state index >= 15 is 0 Å². The Balaban J connectivity index is 0.00000441. The van der Waals surface area contributed by atoms with Gasteiger partial charge in [-0.2, -0.15) is 11.3 Å². The molecule has 1 aromatic heterocycles. The Labute approximate surface area is 156 Å². The summed E-state index contributed by atoms with van der Waals surface area (Å²) in [5.74, 6) is 1.38. The van der Waals surface area contributed by atoms with Crippen molar-refractivity contribution in [2.24, 2.45) is 4.99 Å². The Morgan fingerprint density at radius 3 is 2.55 bits per heavy atom. The van der Waals surface area contributed by atoms with Gasteiger partial charge >= 0.3 is 0 Å². The molecule has 4 nitrogen and oxygen atoms in total. The van der Waals surface area contributed by atoms with Crippen LogP contribution in [-0.4, -0.2) is 50.1 Å². The Bertz CT molecular complexity index is 406. The number of hydrogen-bond donors (Lipinski definition) is 2. The fraction of sp³-hybridized carbons (Fsp3) is 0.688. The fourth-order valence-electron chi connectivity index (χ4n) is 2.24. The van der Waals surface area contributed by atoms with Crippen molar-refractivity contribution >= 4 is 41.3 Å². The van der Waals surface area contributed by atoms with E-state index in [1.807, 2.05) is 7.05 Å². The normalized spacial score (nSPS) is 13.1. The van der Waals surface area contributed by atoms with Crippen LogP contribution in [-0.2, 0) is 0 Å². The minimum absolute atomic E-state index is 0. The molecule has 128 valence electrons. The molecule has 1 unspecified atom stereocenters. The minimum Gasteiger partial charge on any atom is -0.356 e. The highest BCUT2D eigenvalue weighted by atomic mass is 127. The standard InChI is InChI=1S/C16H30N4S.HI/c1-6-20(13(2)3)9-8-18-16(17-5)19-11-14(4)15-7-10-21-12-15;/h7,10,12-14H,6,8-9,11H2,1-5H3,(H2,17,18,19);1H. The molecule has 6 heteroatoms. The van der Waals surface area contributed by atoms with Gasteiger partial charge in [0.2, 0.25) is 0 Å². The van der Waals surface area contributed by atoms with E-state index in [0.717, 1.165) is 32.1 Å². The molecule has 0 aliphatic rings. The average Bonchev–Trinajstić information content (AvgIpc) is 3.00. The van der Waals surface area contributed by atoms with Crippen LogP contribution in [0.1, 0.15) is 39.2 Å². The van der Waals surface area contributed by atoms with Crippen molar-refractivity contribution in [3.8, 4) is 0 Å². The van der Waals surface area contributed by atoms with Gasteiger partial charge in [-0.15, -0.1) is 24.0 Å². The number of nitrogens with one attached hydrogen (secondary N) is 2. The number of guanidine groups is 1. The van der Waals surface area contributed by atoms with Crippen LogP contribution >= 0.6 is 35.3 Å². The van der Waals surface area contributed by atoms with Gasteiger partial charge in [-0.3, -0.25) is 9.89 Å². The summed E-state index contributed by atoms with van der Waals surface area (Å²) in [4.78, 5) is 6.73. The maximum absolute atomic E-state index is 4.29. The van der Waals surface area contributed by atoms with Crippen LogP contribution < -0.4 is 10.6 Å². The smallest absolute Gasteiger partial charge is 0.191 e. The maximum Gasteiger partial charge on any atom is 0.191 e. The van der Waals surface area contributed by atoms with E-state index in [1.165, 1.54) is 5.56 Å². The molecule has 0 amide bonds. The van der Waals surface area contributed by atoms with Crippen molar-refractivity contribution in [1.82, 2.24) is 15.5 Å². The zero-order valence-electron chi connectivity index (χ0n) is 14.4. The number of likely N-dealkylation sites (N-methyl/N-ethyl adjacent to an activating group) is 1. The summed E-state index contributed by atoms with van der Waals surface area (Å²) in [6.45, 7) is 12.8. The maximum atomic E-state index is 4.29. The van der Waals surface area contributed by atoms with Gasteiger partial charge in [-0.1, -0.05) is 13.8 Å². The molecular formula is C16H31IN4S. The van der Waals surface area contributed by atoms with E-state index in [2.05, 4.69) is 65.0 Å². The predicted molar refractivity (Wildman–Crippen MR) is 110 cm³/mol. The van der Waals surface area contributed by atoms with Gasteiger partial charge < -0.3 is 10.6 Å². The molecule has 2 N–H and O–H groups in total. The van der Waals surface area contributed by atoms with Crippen molar-refractivity contribution in [3.63, 3.8) is 0 Å². The third kappa shape index (κ3) is 7.78. The number of aliphatic imine (C=N–C) groups is 1. The molecule has 0 saturated heterocycles. The monoisotopic (exact) mass is 438 g/mol. The van der Waals surface area contributed by atoms with E-state index < -0.39 is 0 Å². The highest BCUT2D eigenvalue weighted by Crippen LogP contribution is 2.16. The van der Waals surface area contributed by atoms with E-state index in [4.69, 9.17) is 0 Å². The summed E-state index contributed by atoms with van der Waals surface area (Å²) < 4.78 is 0. The second-order valence-corrected chi connectivity index (χ2v) is 6.34. The summed E-state index contributed by atoms with van der Waals surface area (Å²) in [6.07, 6.45) is 0. The van der Waals surface area contributed by atoms with Crippen LogP contribution in [0.15, 0.2) is 21.8 Å². The molecule has 1 heterocycles. The highest BCUT2D eigenvalue weighted by molar-refractivity contribution is 14.0. The summed E-state index contributed by atoms with van der Waals surface area (Å²) in [5, 5.41) is 11.1. The lowest BCUT2D eigenvalue weighted by Crippen LogP contribution is -2.43. The van der Waals surface area contributed by atoms with Gasteiger partial charge in [0.1, 0.15) is 0 Å². The zero-order valence-corrected chi connectivity index (χ0v) is 17.6. The lowest BCUT2D eigenvalue weighted by molar-refractivity contribution is 0.237. The zero-order chi connectivity index (χ0) is 15.7. The van der Waals surface area contributed by atoms with Crippen molar-refractivity contribution < 1.29 is 0 Å². The number of nitrogens with zero attached hydrogens (tertiary/aromatic N) is 2. The summed E-state index contributed by atoms with van der Waals surface area (Å²) in [7, 11) is 1.82. The average molecular weight is 438 g/mol. The second kappa shape index (κ2) is 12.1. The molecule has 0 aliphatic carbocycles. The molecule has 0 radical (unpaired) electrons. The number of thiophene rings is 1. The Morgan fingerprint density at radius 1 is 1.32 bits per heavy atom. The fourth-order valence-corrected chi connectivity index (χ4v) is 3.03. The Hall–Kier alpha value is -0.340. The number of halogens is 1. The third-order valence-corrected chi connectivity index (χ3v) is 4.44. The molecule has 1 rings (SSSR count). The molecule has 0 fully saturated rings. The summed E-state index contributed by atoms with van der Waals surface area (Å²) in [5.41, 5.74) is 1.39. The van der Waals surface area contributed by atoms with Crippen molar-refractivity contribution in [3.05, 3.63) is 22.4 Å². The van der Waals surface area contributed by atoms with Crippen LogP contribution in [0.2, 0.25) is 0 Å². The van der Waals surface area contributed by atoms with Crippen molar-refractivity contribution in [1.29, 1.82) is 0 Å². The quantitative estimate of drug-likeness (QED) is 0.372. The van der Waals surface area contributed by atoms with Gasteiger partial charge in [0.25, 0.3) is 0 Å². The molecule has 0 bridgehead atoms. The Kier molecular flexibility index (Phi) is 11.9. The van der Waals surface area contributed by atoms with Gasteiger partial charge in [0.05, 0.1) is 0 Å². The van der Waals surface area contributed by atoms with Crippen molar-refractivity contribution in [2.45, 2.75) is 39.7 Å². The molecule has 0 saturated carbocycles. The van der Waals surface area contributed by atoms with Gasteiger partial charge in [-0.05, 0) is 48.7 Å². The first-order valence-electron chi connectivity index (χ1n) is 7.79. The van der Waals surface area contributed by atoms with Crippen LogP contribution in [0.5, 0.6) is 0 Å². The number of rotatable bonds is 8. The van der Waals surface area contributed by atoms with Gasteiger partial charge in [0.15, 0.2) is 5.96 Å². The Morgan fingerprint density at radius 2 is 2.05 bits per heavy atom. The molecule has 22 heavy (non-hydrogen) atoms. The molecular weight excluding hydrogens is 407 g/mol. The molecule has 0 aliphatic heterocycles. The van der Waals surface area contributed by atoms with E-state index in [0.29, 0.717) is 12.0 Å². The lowest BCUT2D eigenvalue weighted by Gasteiger charge is -2.25. The second-order valence-electron chi connectivity index (χ2n) is 5.56. The molecule has 1 aromatic rings. The van der Waals surface area contributed by atoms with Crippen molar-refractivity contribution in [2.75, 3.05) is 33.2 Å². The summed E-state index contributed by atoms with van der Waals surface area (Å²) in [6, 6.07) is 2.78. The first-order valence-corrected chi connectivity index (χ1v) is 8.73. The minimum atomic E-state index is 0. The number of hydrogen-bond acceptors (Lipinski definition) is 3. The lowest BCUT2D eigenvalue weighted by atomic mass is 10.1. The topological polar surface area (TPSA) is 39.7 Å². The van der Waals surface area contributed by atoms with Crippen LogP contribution in [0, 0.1) is 0 Å². The largest absolute Gasteiger partial charge is 0.356 e. The molecule has 0 aromatic carbocycles. The van der Waals surface area contributed by atoms with E-state index in [9.17, 15) is 0 Å². The highest BCUT2D eigenvalue weighted by Gasteiger charge is 2.08. The third-order valence-electron chi connectivity index (χ3n) is 3.74. The van der Waals surface area contributed by atoms with Crippen LogP contribution in [0.3, 0.4) is 0 Å².